The summed E-state index contributed by atoms with van der Waals surface area (Å²) >= 11 is 0. The lowest BCUT2D eigenvalue weighted by Crippen LogP contribution is -2.33. The van der Waals surface area contributed by atoms with E-state index in [2.05, 4.69) is 5.32 Å². The number of nitrogens with zero attached hydrogens (tertiary/aromatic N) is 1. The molecule has 1 amide bonds. The van der Waals surface area contributed by atoms with E-state index in [0.29, 0.717) is 12.0 Å². The molecule has 1 heterocycles. The number of carbonyl (C=O) groups is 1. The summed E-state index contributed by atoms with van der Waals surface area (Å²) in [7, 11) is -3.97. The Kier molecular flexibility index (Phi) is 4.99. The lowest BCUT2D eigenvalue weighted by molar-refractivity contribution is -0.122. The number of phenolic OH excluding ortho intramolecular Hbond substituents is 1. The molecule has 0 fully saturated rings. The maximum absolute atomic E-state index is 13.0. The second-order valence-electron chi connectivity index (χ2n) is 5.95. The maximum atomic E-state index is 13.0. The lowest BCUT2D eigenvalue weighted by atomic mass is 10.1. The van der Waals surface area contributed by atoms with Crippen LogP contribution in [0.5, 0.6) is 5.75 Å². The Morgan fingerprint density at radius 1 is 1.04 bits per heavy atom. The summed E-state index contributed by atoms with van der Waals surface area (Å²) in [4.78, 5) is 12.8. The first kappa shape index (κ1) is 18.0. The number of hydrogen-bond donors (Lipinski definition) is 2. The van der Waals surface area contributed by atoms with E-state index < -0.39 is 15.9 Å². The van der Waals surface area contributed by atoms with Crippen molar-refractivity contribution in [2.24, 2.45) is 0 Å². The molecule has 1 aliphatic rings. The van der Waals surface area contributed by atoms with Crippen molar-refractivity contribution in [3.63, 3.8) is 0 Å². The summed E-state index contributed by atoms with van der Waals surface area (Å²) in [6, 6.07) is 14.9. The molecule has 0 saturated carbocycles. The van der Waals surface area contributed by atoms with E-state index in [9.17, 15) is 18.3 Å². The molecule has 0 aliphatic carbocycles. The number of amides is 1. The number of sulfonamides is 1. The number of unbranched alkanes of at least 4 members (excludes halogenated alkanes) is 1. The van der Waals surface area contributed by atoms with Crippen LogP contribution in [-0.4, -0.2) is 30.3 Å². The van der Waals surface area contributed by atoms with Crippen LogP contribution in [0.15, 0.2) is 60.3 Å². The monoisotopic (exact) mass is 372 g/mol. The molecule has 0 atom stereocenters. The van der Waals surface area contributed by atoms with Crippen molar-refractivity contribution >= 4 is 26.5 Å². The smallest absolute Gasteiger partial charge is 0.285 e. The molecular weight excluding hydrogens is 352 g/mol. The highest BCUT2D eigenvalue weighted by atomic mass is 32.2. The van der Waals surface area contributed by atoms with Crippen molar-refractivity contribution < 1.29 is 18.3 Å². The second-order valence-corrected chi connectivity index (χ2v) is 7.75. The van der Waals surface area contributed by atoms with Crippen molar-refractivity contribution in [3.8, 4) is 5.75 Å². The molecule has 0 unspecified atom stereocenters. The molecule has 0 saturated heterocycles. The van der Waals surface area contributed by atoms with Crippen molar-refractivity contribution in [1.29, 1.82) is 0 Å². The molecular formula is C19H20N2O4S. The summed E-state index contributed by atoms with van der Waals surface area (Å²) in [6.45, 7) is 2.06. The predicted molar refractivity (Wildman–Crippen MR) is 101 cm³/mol. The zero-order chi connectivity index (χ0) is 18.7. The van der Waals surface area contributed by atoms with Gasteiger partial charge in [0.15, 0.2) is 0 Å². The van der Waals surface area contributed by atoms with Crippen LogP contribution in [0, 0.1) is 0 Å². The van der Waals surface area contributed by atoms with Gasteiger partial charge >= 0.3 is 0 Å². The highest BCUT2D eigenvalue weighted by Crippen LogP contribution is 2.37. The largest absolute Gasteiger partial charge is 0.506 e. The third-order valence-corrected chi connectivity index (χ3v) is 6.01. The van der Waals surface area contributed by atoms with Crippen molar-refractivity contribution in [2.75, 3.05) is 11.9 Å². The fourth-order valence-electron chi connectivity index (χ4n) is 2.80. The van der Waals surface area contributed by atoms with Gasteiger partial charge in [-0.2, -0.15) is 0 Å². The third-order valence-electron chi connectivity index (χ3n) is 4.13. The van der Waals surface area contributed by atoms with Gasteiger partial charge in [0.1, 0.15) is 16.4 Å². The van der Waals surface area contributed by atoms with E-state index >= 15 is 0 Å². The quantitative estimate of drug-likeness (QED) is 0.761. The minimum atomic E-state index is -3.97. The SMILES string of the molecule is CCCCN1C(=O)C(Nc2ccccc2O)=C(c2ccccc2)S1(=O)=O. The van der Waals surface area contributed by atoms with E-state index in [1.54, 1.807) is 48.5 Å². The number of hydrogen-bond acceptors (Lipinski definition) is 5. The van der Waals surface area contributed by atoms with Crippen LogP contribution in [0.3, 0.4) is 0 Å². The molecule has 6 nitrogen and oxygen atoms in total. The summed E-state index contributed by atoms with van der Waals surface area (Å²) in [5.74, 6) is -0.676. The highest BCUT2D eigenvalue weighted by molar-refractivity contribution is 7.99. The molecule has 0 radical (unpaired) electrons. The van der Waals surface area contributed by atoms with E-state index in [-0.39, 0.29) is 28.6 Å². The molecule has 7 heteroatoms. The van der Waals surface area contributed by atoms with E-state index in [0.717, 1.165) is 10.7 Å². The number of phenols is 1. The number of benzene rings is 2. The van der Waals surface area contributed by atoms with E-state index in [4.69, 9.17) is 0 Å². The first-order chi connectivity index (χ1) is 12.5. The summed E-state index contributed by atoms with van der Waals surface area (Å²) in [6.07, 6.45) is 1.35. The van der Waals surface area contributed by atoms with Crippen LogP contribution in [0.2, 0.25) is 0 Å². The number of carbonyl (C=O) groups excluding carboxylic acids is 1. The zero-order valence-electron chi connectivity index (χ0n) is 14.3. The fourth-order valence-corrected chi connectivity index (χ4v) is 4.53. The Morgan fingerprint density at radius 2 is 1.69 bits per heavy atom. The molecule has 3 rings (SSSR count). The van der Waals surface area contributed by atoms with E-state index in [1.165, 1.54) is 6.07 Å². The Bertz CT molecular complexity index is 953. The molecule has 0 spiro atoms. The minimum absolute atomic E-state index is 0.0474. The summed E-state index contributed by atoms with van der Waals surface area (Å²) in [5, 5.41) is 12.8. The van der Waals surface area contributed by atoms with Crippen molar-refractivity contribution in [1.82, 2.24) is 4.31 Å². The van der Waals surface area contributed by atoms with Gasteiger partial charge in [0.05, 0.1) is 5.69 Å². The van der Waals surface area contributed by atoms with Crippen molar-refractivity contribution in [3.05, 3.63) is 65.9 Å². The van der Waals surface area contributed by atoms with Gasteiger partial charge in [-0.1, -0.05) is 55.8 Å². The van der Waals surface area contributed by atoms with Crippen LogP contribution < -0.4 is 5.32 Å². The molecule has 1 aliphatic heterocycles. The topological polar surface area (TPSA) is 86.7 Å². The van der Waals surface area contributed by atoms with Crippen LogP contribution in [0.1, 0.15) is 25.3 Å². The molecule has 2 N–H and O–H groups in total. The average Bonchev–Trinajstić information content (AvgIpc) is 2.81. The average molecular weight is 372 g/mol. The number of para-hydroxylation sites is 2. The fraction of sp³-hybridized carbons (Fsp3) is 0.211. The normalized spacial score (nSPS) is 16.2. The van der Waals surface area contributed by atoms with Gasteiger partial charge in [0.25, 0.3) is 15.9 Å². The van der Waals surface area contributed by atoms with Crippen molar-refractivity contribution in [2.45, 2.75) is 19.8 Å². The molecule has 2 aromatic carbocycles. The second kappa shape index (κ2) is 7.21. The summed E-state index contributed by atoms with van der Waals surface area (Å²) < 4.78 is 27.0. The predicted octanol–water partition coefficient (Wildman–Crippen LogP) is 3.15. The standard InChI is InChI=1S/C19H20N2O4S/c1-2-3-13-21-19(23)17(20-15-11-7-8-12-16(15)22)18(26(21,24)25)14-9-5-4-6-10-14/h4-12,20,22H,2-3,13H2,1H3. The highest BCUT2D eigenvalue weighted by Gasteiger charge is 2.44. The Morgan fingerprint density at radius 3 is 2.35 bits per heavy atom. The summed E-state index contributed by atoms with van der Waals surface area (Å²) in [5.41, 5.74) is 0.656. The van der Waals surface area contributed by atoms with Crippen LogP contribution >= 0.6 is 0 Å². The number of aromatic hydroxyl groups is 1. The Balaban J connectivity index is 2.13. The number of nitrogens with one attached hydrogen (secondary N) is 1. The van der Waals surface area contributed by atoms with Gasteiger partial charge in [-0.25, -0.2) is 12.7 Å². The molecule has 0 bridgehead atoms. The lowest BCUT2D eigenvalue weighted by Gasteiger charge is -2.16. The van der Waals surface area contributed by atoms with Gasteiger partial charge in [0, 0.05) is 6.54 Å². The molecule has 26 heavy (non-hydrogen) atoms. The molecule has 136 valence electrons. The van der Waals surface area contributed by atoms with Gasteiger partial charge < -0.3 is 10.4 Å². The molecule has 2 aromatic rings. The molecule has 0 aromatic heterocycles. The van der Waals surface area contributed by atoms with Crippen LogP contribution in [0.4, 0.5) is 5.69 Å². The Labute approximate surface area is 152 Å². The van der Waals surface area contributed by atoms with Gasteiger partial charge in [-0.3, -0.25) is 4.79 Å². The zero-order valence-corrected chi connectivity index (χ0v) is 15.2. The van der Waals surface area contributed by atoms with Gasteiger partial charge in [-0.15, -0.1) is 0 Å². The van der Waals surface area contributed by atoms with Crippen LogP contribution in [0.25, 0.3) is 4.91 Å². The van der Waals surface area contributed by atoms with E-state index in [1.807, 2.05) is 6.92 Å². The maximum Gasteiger partial charge on any atom is 0.285 e. The van der Waals surface area contributed by atoms with Gasteiger partial charge in [-0.05, 0) is 24.1 Å². The first-order valence-electron chi connectivity index (χ1n) is 8.38. The number of rotatable bonds is 6. The third kappa shape index (κ3) is 3.17. The number of anilines is 1. The van der Waals surface area contributed by atoms with Crippen LogP contribution in [-0.2, 0) is 14.8 Å². The first-order valence-corrected chi connectivity index (χ1v) is 9.82. The minimum Gasteiger partial charge on any atom is -0.506 e. The van der Waals surface area contributed by atoms with Gasteiger partial charge in [0.2, 0.25) is 0 Å². The Hall–Kier alpha value is -2.80.